The molecular weight excluding hydrogens is 777 g/mol. The summed E-state index contributed by atoms with van der Waals surface area (Å²) in [6.45, 7) is 8.84. The van der Waals surface area contributed by atoms with Crippen molar-refractivity contribution in [3.63, 3.8) is 0 Å². The van der Waals surface area contributed by atoms with E-state index in [1.165, 1.54) is 126 Å². The molecule has 0 atom stereocenters. The number of unbranched alkanes of at least 4 members (excludes halogenated alkanes) is 16. The molecule has 0 fully saturated rings. The van der Waals surface area contributed by atoms with Crippen LogP contribution in [0.1, 0.15) is 178 Å². The van der Waals surface area contributed by atoms with Crippen molar-refractivity contribution in [1.82, 2.24) is 0 Å². The number of hydrogen-bond acceptors (Lipinski definition) is 6. The van der Waals surface area contributed by atoms with Crippen LogP contribution in [-0.4, -0.2) is 63.7 Å². The molecular formula is C48H70CaO6S2. The molecule has 4 aromatic carbocycles. The summed E-state index contributed by atoms with van der Waals surface area (Å²) < 4.78 is 70.7. The summed E-state index contributed by atoms with van der Waals surface area (Å²) in [7, 11) is -8.96. The van der Waals surface area contributed by atoms with E-state index in [0.717, 1.165) is 73.3 Å². The van der Waals surface area contributed by atoms with Crippen molar-refractivity contribution in [2.24, 2.45) is 0 Å². The molecule has 57 heavy (non-hydrogen) atoms. The van der Waals surface area contributed by atoms with Gasteiger partial charge < -0.3 is 9.11 Å². The zero-order chi connectivity index (χ0) is 40.8. The van der Waals surface area contributed by atoms with E-state index in [1.54, 1.807) is 12.1 Å². The fourth-order valence-electron chi connectivity index (χ4n) is 7.84. The maximum Gasteiger partial charge on any atom is 2.00 e. The predicted octanol–water partition coefficient (Wildman–Crippen LogP) is 13.2. The summed E-state index contributed by atoms with van der Waals surface area (Å²) in [4.78, 5) is -0.157. The third-order valence-electron chi connectivity index (χ3n) is 11.0. The summed E-state index contributed by atoms with van der Waals surface area (Å²) in [5.41, 5.74) is 4.68. The summed E-state index contributed by atoms with van der Waals surface area (Å²) in [5, 5.41) is 3.04. The molecule has 0 saturated carbocycles. The van der Waals surface area contributed by atoms with Crippen molar-refractivity contribution in [1.29, 1.82) is 0 Å². The molecule has 0 aromatic heterocycles. The third kappa shape index (κ3) is 18.3. The van der Waals surface area contributed by atoms with Gasteiger partial charge in [0.05, 0.1) is 9.79 Å². The Kier molecular flexibility index (Phi) is 25.4. The molecule has 4 rings (SSSR count). The minimum absolute atomic E-state index is 0. The Labute approximate surface area is 376 Å². The number of benzene rings is 4. The van der Waals surface area contributed by atoms with Crippen LogP contribution in [-0.2, 0) is 45.9 Å². The van der Waals surface area contributed by atoms with Crippen molar-refractivity contribution in [3.05, 3.63) is 82.9 Å². The van der Waals surface area contributed by atoms with E-state index in [1.807, 2.05) is 24.3 Å². The minimum atomic E-state index is -4.48. The Morgan fingerprint density at radius 3 is 0.982 bits per heavy atom. The summed E-state index contributed by atoms with van der Waals surface area (Å²) in [5.74, 6) is 0. The van der Waals surface area contributed by atoms with Gasteiger partial charge in [-0.3, -0.25) is 0 Å². The fraction of sp³-hybridized carbons (Fsp3) is 0.583. The van der Waals surface area contributed by atoms with Gasteiger partial charge in [-0.2, -0.15) is 0 Å². The molecule has 0 heterocycles. The van der Waals surface area contributed by atoms with Crippen LogP contribution in [0.5, 0.6) is 0 Å². The van der Waals surface area contributed by atoms with E-state index >= 15 is 0 Å². The molecule has 0 spiro atoms. The Morgan fingerprint density at radius 2 is 0.684 bits per heavy atom. The van der Waals surface area contributed by atoms with Crippen LogP contribution in [0.3, 0.4) is 0 Å². The van der Waals surface area contributed by atoms with Gasteiger partial charge in [-0.15, -0.1) is 0 Å². The first-order valence-electron chi connectivity index (χ1n) is 21.9. The molecule has 312 valence electrons. The average molecular weight is 847 g/mol. The van der Waals surface area contributed by atoms with Gasteiger partial charge >= 0.3 is 37.7 Å². The number of aryl methyl sites for hydroxylation is 4. The molecule has 4 aromatic rings. The van der Waals surface area contributed by atoms with Crippen molar-refractivity contribution >= 4 is 79.5 Å². The fourth-order valence-corrected chi connectivity index (χ4v) is 9.21. The maximum absolute atomic E-state index is 11.8. The monoisotopic (exact) mass is 846 g/mol. The first kappa shape index (κ1) is 51.6. The van der Waals surface area contributed by atoms with E-state index in [4.69, 9.17) is 0 Å². The zero-order valence-electron chi connectivity index (χ0n) is 35.7. The quantitative estimate of drug-likeness (QED) is 0.0353. The Balaban J connectivity index is 0.000000387. The number of rotatable bonds is 26. The molecule has 0 aliphatic carbocycles. The molecule has 0 saturated heterocycles. The third-order valence-corrected chi connectivity index (χ3v) is 12.8. The second-order valence-electron chi connectivity index (χ2n) is 15.8. The average Bonchev–Trinajstić information content (AvgIpc) is 3.16. The Morgan fingerprint density at radius 1 is 0.386 bits per heavy atom. The molecule has 0 bridgehead atoms. The molecule has 0 amide bonds. The SMILES string of the molecule is CCCCCCCc1cc(CCCCCCC)c2cccc(S(=O)(=O)[O-])c2c1.CCCCCCCc1cc(CCCCCCC)c2cccc(S(=O)(=O)[O-])c2c1.[Ca+2]. The van der Waals surface area contributed by atoms with E-state index in [0.29, 0.717) is 10.8 Å². The van der Waals surface area contributed by atoms with Gasteiger partial charge in [-0.1, -0.05) is 167 Å². The van der Waals surface area contributed by atoms with E-state index in [9.17, 15) is 25.9 Å². The molecule has 0 aliphatic rings. The second-order valence-corrected chi connectivity index (χ2v) is 18.5. The molecule has 6 nitrogen and oxygen atoms in total. The van der Waals surface area contributed by atoms with Crippen molar-refractivity contribution in [2.75, 3.05) is 0 Å². The predicted molar refractivity (Wildman–Crippen MR) is 239 cm³/mol. The number of fused-ring (bicyclic) bond motifs is 2. The van der Waals surface area contributed by atoms with Crippen LogP contribution in [0, 0.1) is 0 Å². The Bertz CT molecular complexity index is 1830. The minimum Gasteiger partial charge on any atom is -0.744 e. The van der Waals surface area contributed by atoms with Crippen LogP contribution < -0.4 is 0 Å². The molecule has 0 unspecified atom stereocenters. The topological polar surface area (TPSA) is 114 Å². The largest absolute Gasteiger partial charge is 2.00 e. The van der Waals surface area contributed by atoms with Crippen LogP contribution in [0.4, 0.5) is 0 Å². The molecule has 9 heteroatoms. The van der Waals surface area contributed by atoms with Crippen LogP contribution in [0.25, 0.3) is 21.5 Å². The zero-order valence-corrected chi connectivity index (χ0v) is 39.6. The maximum atomic E-state index is 11.8. The summed E-state index contributed by atoms with van der Waals surface area (Å²) in [6.07, 6.45) is 27.9. The van der Waals surface area contributed by atoms with Gasteiger partial charge in [-0.25, -0.2) is 16.8 Å². The van der Waals surface area contributed by atoms with E-state index in [2.05, 4.69) is 39.8 Å². The standard InChI is InChI=1S/2C24H36O3S.Ca/c2*1-3-5-7-9-11-14-20-18-21(15-12-10-8-6-4-2)22-16-13-17-24(23(22)19-20)28(25,26)27;/h2*13,16-19H,3-12,14-15H2,1-2H3,(H,25,26,27);/q;;+2/p-2. The van der Waals surface area contributed by atoms with Gasteiger partial charge in [0.1, 0.15) is 20.2 Å². The summed E-state index contributed by atoms with van der Waals surface area (Å²) >= 11 is 0. The van der Waals surface area contributed by atoms with Gasteiger partial charge in [0.15, 0.2) is 0 Å². The van der Waals surface area contributed by atoms with Crippen LogP contribution >= 0.6 is 0 Å². The first-order chi connectivity index (χ1) is 26.9. The van der Waals surface area contributed by atoms with Gasteiger partial charge in [0.25, 0.3) is 0 Å². The van der Waals surface area contributed by atoms with E-state index < -0.39 is 20.2 Å². The van der Waals surface area contributed by atoms with Crippen molar-refractivity contribution in [3.8, 4) is 0 Å². The van der Waals surface area contributed by atoms with Crippen molar-refractivity contribution < 1.29 is 25.9 Å². The van der Waals surface area contributed by atoms with Crippen LogP contribution in [0.2, 0.25) is 0 Å². The second kappa shape index (κ2) is 28.1. The van der Waals surface area contributed by atoms with Crippen molar-refractivity contribution in [2.45, 2.75) is 192 Å². The molecule has 0 radical (unpaired) electrons. The molecule has 0 N–H and O–H groups in total. The Hall–Kier alpha value is -1.52. The van der Waals surface area contributed by atoms with Gasteiger partial charge in [-0.05, 0) is 119 Å². The molecule has 0 aliphatic heterocycles. The van der Waals surface area contributed by atoms with Gasteiger partial charge in [0, 0.05) is 0 Å². The number of hydrogen-bond donors (Lipinski definition) is 0. The summed E-state index contributed by atoms with van der Waals surface area (Å²) in [6, 6.07) is 18.5. The van der Waals surface area contributed by atoms with Gasteiger partial charge in [0.2, 0.25) is 0 Å². The normalized spacial score (nSPS) is 11.8. The van der Waals surface area contributed by atoms with Crippen LogP contribution in [0.15, 0.2) is 70.5 Å². The first-order valence-corrected chi connectivity index (χ1v) is 24.8. The smallest absolute Gasteiger partial charge is 0.744 e. The van der Waals surface area contributed by atoms with E-state index in [-0.39, 0.29) is 47.5 Å².